The summed E-state index contributed by atoms with van der Waals surface area (Å²) in [7, 11) is 0. The van der Waals surface area contributed by atoms with E-state index >= 15 is 0 Å². The first-order valence-corrected chi connectivity index (χ1v) is 21.0. The molecule has 0 radical (unpaired) electrons. The van der Waals surface area contributed by atoms with Gasteiger partial charge >= 0.3 is 12.1 Å². The Kier molecular flexibility index (Phi) is 14.9. The molecule has 3 aliphatic heterocycles. The second kappa shape index (κ2) is 19.9. The average molecular weight is 857 g/mol. The van der Waals surface area contributed by atoms with Gasteiger partial charge in [-0.05, 0) is 80.6 Å². The van der Waals surface area contributed by atoms with Gasteiger partial charge < -0.3 is 25.3 Å². The van der Waals surface area contributed by atoms with Crippen molar-refractivity contribution in [3.63, 3.8) is 0 Å². The number of halogens is 1. The number of urea groups is 2. The SMILES string of the molecule is CC(C)(C)c1ccc(CN2CCN(Cc3ccc(N)cc3)C2=O)cc1.CC(C)(C)c1ccc(CN2CCN(Cc3ccc(N4C(=O)c5ccccc5C4=O)cc3)C2=O)cc1.F.N=N.[HH]. The summed E-state index contributed by atoms with van der Waals surface area (Å²) in [6, 6.07) is 39.1. The normalized spacial score (nSPS) is 14.9. The molecular weight excluding hydrogens is 796 g/mol. The second-order valence-electron chi connectivity index (χ2n) is 18.0. The van der Waals surface area contributed by atoms with E-state index in [-0.39, 0.29) is 40.8 Å². The summed E-state index contributed by atoms with van der Waals surface area (Å²) in [5, 5.41) is 0. The molecule has 0 spiro atoms. The van der Waals surface area contributed by atoms with Gasteiger partial charge in [-0.25, -0.2) is 25.6 Å². The van der Waals surface area contributed by atoms with Crippen LogP contribution in [0.4, 0.5) is 25.7 Å². The number of carbonyl (C=O) groups is 4. The molecule has 0 bridgehead atoms. The van der Waals surface area contributed by atoms with Crippen molar-refractivity contribution in [1.82, 2.24) is 19.6 Å². The monoisotopic (exact) mass is 856 g/mol. The number of nitrogens with zero attached hydrogens (tertiary/aromatic N) is 5. The van der Waals surface area contributed by atoms with Gasteiger partial charge in [0.1, 0.15) is 0 Å². The Bertz CT molecular complexity index is 2350. The Morgan fingerprint density at radius 1 is 0.476 bits per heavy atom. The van der Waals surface area contributed by atoms with Crippen LogP contribution < -0.4 is 10.6 Å². The Labute approximate surface area is 371 Å². The lowest BCUT2D eigenvalue weighted by Crippen LogP contribution is -2.31. The van der Waals surface area contributed by atoms with E-state index in [4.69, 9.17) is 16.8 Å². The molecule has 2 fully saturated rings. The van der Waals surface area contributed by atoms with Gasteiger partial charge in [-0.1, -0.05) is 126 Å². The molecule has 0 unspecified atom stereocenters. The highest BCUT2D eigenvalue weighted by Gasteiger charge is 2.36. The molecule has 0 aliphatic carbocycles. The summed E-state index contributed by atoms with van der Waals surface area (Å²) < 4.78 is 0. The zero-order chi connectivity index (χ0) is 44.8. The molecule has 12 nitrogen and oxygen atoms in total. The minimum Gasteiger partial charge on any atom is -0.399 e. The third kappa shape index (κ3) is 11.1. The molecule has 332 valence electrons. The number of nitrogens with two attached hydrogens (primary N) is 1. The fourth-order valence-electron chi connectivity index (χ4n) is 7.75. The van der Waals surface area contributed by atoms with Crippen LogP contribution in [0.1, 0.15) is 97.1 Å². The maximum atomic E-state index is 13.0. The number of carbonyl (C=O) groups excluding carboxylic acids is 4. The molecule has 13 heteroatoms. The number of amides is 6. The van der Waals surface area contributed by atoms with Gasteiger partial charge in [-0.2, -0.15) is 0 Å². The number of imide groups is 1. The van der Waals surface area contributed by atoms with E-state index in [0.717, 1.165) is 35.5 Å². The van der Waals surface area contributed by atoms with Crippen molar-refractivity contribution in [2.45, 2.75) is 78.6 Å². The molecule has 4 N–H and O–H groups in total. The van der Waals surface area contributed by atoms with Crippen LogP contribution >= 0.6 is 0 Å². The highest BCUT2D eigenvalue weighted by molar-refractivity contribution is 6.34. The van der Waals surface area contributed by atoms with E-state index in [0.29, 0.717) is 56.1 Å². The highest BCUT2D eigenvalue weighted by Crippen LogP contribution is 2.30. The van der Waals surface area contributed by atoms with Crippen LogP contribution in [0.5, 0.6) is 0 Å². The fraction of sp³-hybridized carbons (Fsp3) is 0.320. The average Bonchev–Trinajstić information content (AvgIpc) is 3.87. The number of benzene rings is 5. The Morgan fingerprint density at radius 2 is 0.762 bits per heavy atom. The van der Waals surface area contributed by atoms with Crippen LogP contribution in [0, 0.1) is 11.1 Å². The molecule has 0 atom stereocenters. The number of hydrogen-bond donors (Lipinski definition) is 3. The van der Waals surface area contributed by atoms with Crippen LogP contribution in [-0.2, 0) is 37.0 Å². The summed E-state index contributed by atoms with van der Waals surface area (Å²) in [6.45, 7) is 18.5. The largest absolute Gasteiger partial charge is 0.399 e. The van der Waals surface area contributed by atoms with E-state index in [1.807, 2.05) is 56.0 Å². The molecule has 3 heterocycles. The van der Waals surface area contributed by atoms with Crippen molar-refractivity contribution in [2.24, 2.45) is 0 Å². The predicted molar refractivity (Wildman–Crippen MR) is 248 cm³/mol. The lowest BCUT2D eigenvalue weighted by molar-refractivity contribution is 0.0926. The van der Waals surface area contributed by atoms with E-state index in [1.54, 1.807) is 36.4 Å². The lowest BCUT2D eigenvalue weighted by atomic mass is 9.87. The standard InChI is InChI=1S/C29H29N3O3.C21H27N3O.FH.H2N2.H2/c1-29(2,3)22-12-8-20(9-13-22)18-30-16-17-31(28(30)35)19-21-10-14-23(15-11-21)32-26(33)24-6-4-5-7-25(24)27(32)34;1-21(2,3)18-8-4-16(5-9-18)14-23-12-13-24(20(23)25)15-17-6-10-19(22)11-7-17;;1-2;/h4-15H,16-19H2,1-3H3;4-11H,12-15,22H2,1-3H3;1H;1-2H;1H. The van der Waals surface area contributed by atoms with Crippen LogP contribution in [0.3, 0.4) is 0 Å². The quantitative estimate of drug-likeness (QED) is 0.0764. The van der Waals surface area contributed by atoms with Crippen molar-refractivity contribution in [1.29, 1.82) is 11.1 Å². The Morgan fingerprint density at radius 3 is 1.06 bits per heavy atom. The van der Waals surface area contributed by atoms with Crippen LogP contribution in [0.25, 0.3) is 0 Å². The number of nitrogen functional groups attached to an aromatic ring is 1. The van der Waals surface area contributed by atoms with Crippen LogP contribution in [0.2, 0.25) is 0 Å². The zero-order valence-electron chi connectivity index (χ0n) is 37.1. The van der Waals surface area contributed by atoms with Crippen molar-refractivity contribution in [2.75, 3.05) is 36.8 Å². The number of hydrogen-bond acceptors (Lipinski definition) is 7. The summed E-state index contributed by atoms with van der Waals surface area (Å²) in [5.74, 6) is -0.613. The lowest BCUT2D eigenvalue weighted by Gasteiger charge is -2.21. The third-order valence-corrected chi connectivity index (χ3v) is 11.5. The fourth-order valence-corrected chi connectivity index (χ4v) is 7.75. The van der Waals surface area contributed by atoms with Crippen LogP contribution in [-0.4, -0.2) is 69.7 Å². The first-order valence-electron chi connectivity index (χ1n) is 21.0. The number of fused-ring (bicyclic) bond motifs is 1. The molecule has 63 heavy (non-hydrogen) atoms. The first-order chi connectivity index (χ1) is 29.5. The molecule has 5 aromatic carbocycles. The van der Waals surface area contributed by atoms with Gasteiger partial charge in [0.25, 0.3) is 11.8 Å². The van der Waals surface area contributed by atoms with Gasteiger partial charge in [0, 0.05) is 59.5 Å². The van der Waals surface area contributed by atoms with Crippen molar-refractivity contribution in [3.05, 3.63) is 166 Å². The predicted octanol–water partition coefficient (Wildman–Crippen LogP) is 10.2. The summed E-state index contributed by atoms with van der Waals surface area (Å²) >= 11 is 0. The minimum atomic E-state index is -0.306. The number of anilines is 2. The van der Waals surface area contributed by atoms with Crippen LogP contribution in [0.15, 0.2) is 121 Å². The van der Waals surface area contributed by atoms with Gasteiger partial charge in [-0.3, -0.25) is 14.3 Å². The maximum absolute atomic E-state index is 13.0. The van der Waals surface area contributed by atoms with E-state index in [1.165, 1.54) is 21.6 Å². The molecule has 3 aliphatic rings. The first kappa shape index (κ1) is 47.2. The molecule has 0 saturated carbocycles. The molecule has 2 saturated heterocycles. The number of nitrogens with one attached hydrogen (secondary N) is 2. The second-order valence-corrected chi connectivity index (χ2v) is 18.0. The smallest absolute Gasteiger partial charge is 0.320 e. The van der Waals surface area contributed by atoms with Gasteiger partial charge in [0.15, 0.2) is 0 Å². The summed E-state index contributed by atoms with van der Waals surface area (Å²) in [6.07, 6.45) is 0. The number of rotatable bonds is 9. The van der Waals surface area contributed by atoms with Gasteiger partial charge in [0.05, 0.1) is 16.8 Å². The Hall–Kier alpha value is -6.89. The third-order valence-electron chi connectivity index (χ3n) is 11.5. The minimum absolute atomic E-state index is 0. The van der Waals surface area contributed by atoms with Gasteiger partial charge in [0.2, 0.25) is 0 Å². The van der Waals surface area contributed by atoms with Crippen molar-refractivity contribution >= 4 is 35.3 Å². The molecular formula is C50H61FN8O4. The van der Waals surface area contributed by atoms with Crippen molar-refractivity contribution < 1.29 is 25.3 Å². The molecule has 5 aromatic rings. The van der Waals surface area contributed by atoms with E-state index in [9.17, 15) is 19.2 Å². The summed E-state index contributed by atoms with van der Waals surface area (Å²) in [4.78, 5) is 59.8. The highest BCUT2D eigenvalue weighted by atomic mass is 19.0. The Balaban J connectivity index is 0.000000275. The van der Waals surface area contributed by atoms with Gasteiger partial charge in [-0.15, -0.1) is 0 Å². The van der Waals surface area contributed by atoms with E-state index < -0.39 is 0 Å². The maximum Gasteiger partial charge on any atom is 0.320 e. The van der Waals surface area contributed by atoms with Crippen molar-refractivity contribution in [3.8, 4) is 0 Å². The molecule has 0 aromatic heterocycles. The topological polar surface area (TPSA) is 158 Å². The molecule has 8 rings (SSSR count). The molecule has 6 amide bonds. The zero-order valence-corrected chi connectivity index (χ0v) is 37.1. The van der Waals surface area contributed by atoms with E-state index in [2.05, 4.69) is 90.1 Å². The summed E-state index contributed by atoms with van der Waals surface area (Å²) in [5.41, 5.74) is 25.1.